The lowest BCUT2D eigenvalue weighted by atomic mass is 9.94. The summed E-state index contributed by atoms with van der Waals surface area (Å²) in [5.41, 5.74) is 1.56. The van der Waals surface area contributed by atoms with E-state index in [1.807, 2.05) is 19.3 Å². The van der Waals surface area contributed by atoms with Gasteiger partial charge in [0.15, 0.2) is 11.6 Å². The highest BCUT2D eigenvalue weighted by atomic mass is 19.2. The number of nitrogens with one attached hydrogen (secondary N) is 1. The number of nitrogens with zero attached hydrogens (tertiary/aromatic N) is 6. The van der Waals surface area contributed by atoms with Crippen LogP contribution in [0.5, 0.6) is 11.8 Å². The number of piperazine rings is 1. The van der Waals surface area contributed by atoms with Gasteiger partial charge in [-0.15, -0.1) is 0 Å². The molecule has 4 fully saturated rings. The summed E-state index contributed by atoms with van der Waals surface area (Å²) in [6.07, 6.45) is 5.50. The number of benzene rings is 3. The zero-order valence-electron chi connectivity index (χ0n) is 25.4. The van der Waals surface area contributed by atoms with Gasteiger partial charge in [0.1, 0.15) is 29.9 Å². The lowest BCUT2D eigenvalue weighted by Gasteiger charge is -2.35. The van der Waals surface area contributed by atoms with Crippen LogP contribution in [0, 0.1) is 11.6 Å². The van der Waals surface area contributed by atoms with E-state index in [1.54, 1.807) is 4.68 Å². The van der Waals surface area contributed by atoms with E-state index >= 15 is 4.39 Å². The van der Waals surface area contributed by atoms with Crippen molar-refractivity contribution in [1.29, 1.82) is 0 Å². The van der Waals surface area contributed by atoms with Gasteiger partial charge >= 0.3 is 6.01 Å². The Balaban J connectivity index is 1.26. The molecule has 0 unspecified atom stereocenters. The van der Waals surface area contributed by atoms with Crippen LogP contribution in [0.2, 0.25) is 0 Å². The van der Waals surface area contributed by atoms with Crippen molar-refractivity contribution in [2.24, 2.45) is 7.05 Å². The number of fused-ring (bicyclic) bond motifs is 7. The van der Waals surface area contributed by atoms with Crippen LogP contribution in [0.4, 0.5) is 19.0 Å². The Morgan fingerprint density at radius 3 is 2.70 bits per heavy atom. The Kier molecular flexibility index (Phi) is 6.21. The minimum Gasteiger partial charge on any atom is -0.508 e. The third kappa shape index (κ3) is 4.33. The Bertz CT molecular complexity index is 2040. The fraction of sp³-hybridized carbons (Fsp3) is 0.441. The summed E-state index contributed by atoms with van der Waals surface area (Å²) >= 11 is 0. The van der Waals surface area contributed by atoms with Crippen LogP contribution in [0.15, 0.2) is 36.5 Å². The Hall–Kier alpha value is -4.16. The third-order valence-corrected chi connectivity index (χ3v) is 10.6. The smallest absolute Gasteiger partial charge is 0.319 e. The predicted octanol–water partition coefficient (Wildman–Crippen LogP) is 5.22. The van der Waals surface area contributed by atoms with Crippen LogP contribution in [0.3, 0.4) is 0 Å². The summed E-state index contributed by atoms with van der Waals surface area (Å²) in [5, 5.41) is 21.1. The molecular formula is C34H34F3N7O2. The number of aryl methyl sites for hydroxylation is 1. The Morgan fingerprint density at radius 1 is 1.04 bits per heavy atom. The molecule has 0 aliphatic carbocycles. The molecule has 3 aromatic carbocycles. The number of hydrogen-bond donors (Lipinski definition) is 2. The molecule has 9 rings (SSSR count). The standard InChI is InChI=1S/C34H34F3N7O2/c1-42-16-25-29-27(11-24(31(25)41-42)23-10-22(45)9-18-3-6-26(36)30(37)28(18)23)39-33(40-32(29)43-14-20-4-5-21(15-43)38-20)46-17-34-7-2-8-44(34)13-19(35)12-34/h3,6,9-11,16,19-21,38,45H,2,4-5,7-8,12-15,17H2,1H3/t19-,20-,21+,34+/m1/s1. The topological polar surface area (TPSA) is 91.6 Å². The van der Waals surface area contributed by atoms with Crippen molar-refractivity contribution < 1.29 is 23.0 Å². The highest BCUT2D eigenvalue weighted by molar-refractivity contribution is 6.17. The summed E-state index contributed by atoms with van der Waals surface area (Å²) in [4.78, 5) is 14.4. The van der Waals surface area contributed by atoms with Gasteiger partial charge in [-0.25, -0.2) is 13.2 Å². The minimum atomic E-state index is -0.997. The predicted molar refractivity (Wildman–Crippen MR) is 169 cm³/mol. The maximum absolute atomic E-state index is 15.5. The van der Waals surface area contributed by atoms with Gasteiger partial charge in [0, 0.05) is 67.7 Å². The SMILES string of the molecule is Cn1cc2c(n1)c(-c1cc(O)cc3ccc(F)c(F)c13)cc1nc(OC[C@@]34CCCN3C[C@H](F)C4)nc(N3C[C@H]4CC[C@@H](C3)N4)c12. The molecule has 4 atom stereocenters. The second kappa shape index (κ2) is 10.2. The molecular weight excluding hydrogens is 595 g/mol. The van der Waals surface area contributed by atoms with Gasteiger partial charge in [-0.3, -0.25) is 9.58 Å². The van der Waals surface area contributed by atoms with Gasteiger partial charge in [-0.05, 0) is 67.4 Å². The van der Waals surface area contributed by atoms with Gasteiger partial charge in [0.25, 0.3) is 0 Å². The summed E-state index contributed by atoms with van der Waals surface area (Å²) in [7, 11) is 1.81. The van der Waals surface area contributed by atoms with Crippen molar-refractivity contribution in [3.63, 3.8) is 0 Å². The van der Waals surface area contributed by atoms with Crippen molar-refractivity contribution in [3.05, 3.63) is 48.2 Å². The fourth-order valence-electron chi connectivity index (χ4n) is 8.59. The molecule has 2 N–H and O–H groups in total. The first-order valence-electron chi connectivity index (χ1n) is 16.1. The fourth-order valence-corrected chi connectivity index (χ4v) is 8.59. The van der Waals surface area contributed by atoms with Crippen LogP contribution in [-0.4, -0.2) is 86.3 Å². The molecule has 238 valence electrons. The number of hydrogen-bond acceptors (Lipinski definition) is 8. The molecule has 0 radical (unpaired) electrons. The second-order valence-electron chi connectivity index (χ2n) is 13.6. The summed E-state index contributed by atoms with van der Waals surface area (Å²) in [6.45, 7) is 3.11. The van der Waals surface area contributed by atoms with Crippen LogP contribution >= 0.6 is 0 Å². The molecule has 46 heavy (non-hydrogen) atoms. The van der Waals surface area contributed by atoms with E-state index in [4.69, 9.17) is 19.8 Å². The van der Waals surface area contributed by atoms with Crippen molar-refractivity contribution in [1.82, 2.24) is 30.0 Å². The average molecular weight is 630 g/mol. The third-order valence-electron chi connectivity index (χ3n) is 10.6. The first-order valence-corrected chi connectivity index (χ1v) is 16.1. The maximum atomic E-state index is 15.5. The molecule has 0 amide bonds. The Labute approximate surface area is 263 Å². The number of ether oxygens (including phenoxy) is 1. The zero-order valence-corrected chi connectivity index (χ0v) is 25.4. The molecule has 0 spiro atoms. The van der Waals surface area contributed by atoms with E-state index < -0.39 is 17.8 Å². The van der Waals surface area contributed by atoms with E-state index in [1.165, 1.54) is 18.2 Å². The largest absolute Gasteiger partial charge is 0.508 e. The van der Waals surface area contributed by atoms with Gasteiger partial charge in [-0.2, -0.15) is 15.1 Å². The minimum absolute atomic E-state index is 0.0518. The molecule has 2 bridgehead atoms. The van der Waals surface area contributed by atoms with Crippen molar-refractivity contribution in [2.45, 2.75) is 55.9 Å². The maximum Gasteiger partial charge on any atom is 0.319 e. The molecule has 0 saturated carbocycles. The van der Waals surface area contributed by atoms with Gasteiger partial charge in [0.05, 0.1) is 16.4 Å². The van der Waals surface area contributed by atoms with Gasteiger partial charge < -0.3 is 20.1 Å². The summed E-state index contributed by atoms with van der Waals surface area (Å²) in [5.74, 6) is -1.32. The van der Waals surface area contributed by atoms with E-state index in [-0.39, 0.29) is 29.3 Å². The summed E-state index contributed by atoms with van der Waals surface area (Å²) in [6, 6.07) is 8.07. The van der Waals surface area contributed by atoms with Crippen LogP contribution in [-0.2, 0) is 7.05 Å². The number of alkyl halides is 1. The summed E-state index contributed by atoms with van der Waals surface area (Å²) < 4.78 is 52.7. The lowest BCUT2D eigenvalue weighted by Crippen LogP contribution is -2.51. The van der Waals surface area contributed by atoms with Crippen LogP contribution in [0.1, 0.15) is 32.1 Å². The van der Waals surface area contributed by atoms with Crippen LogP contribution < -0.4 is 15.0 Å². The quantitative estimate of drug-likeness (QED) is 0.274. The number of phenolic OH excluding ortho intramolecular Hbond substituents is 1. The van der Waals surface area contributed by atoms with E-state index in [0.717, 1.165) is 68.0 Å². The van der Waals surface area contributed by atoms with E-state index in [0.29, 0.717) is 52.6 Å². The molecule has 4 saturated heterocycles. The molecule has 9 nitrogen and oxygen atoms in total. The molecule has 5 aromatic rings. The highest BCUT2D eigenvalue weighted by Gasteiger charge is 2.49. The molecule has 6 heterocycles. The number of anilines is 1. The number of halogens is 3. The van der Waals surface area contributed by atoms with E-state index in [2.05, 4.69) is 15.1 Å². The first-order chi connectivity index (χ1) is 22.2. The Morgan fingerprint density at radius 2 is 1.87 bits per heavy atom. The number of rotatable bonds is 5. The number of aromatic hydroxyl groups is 1. The van der Waals surface area contributed by atoms with Crippen LogP contribution in [0.25, 0.3) is 43.7 Å². The monoisotopic (exact) mass is 629 g/mol. The van der Waals surface area contributed by atoms with Gasteiger partial charge in [0.2, 0.25) is 0 Å². The molecule has 4 aliphatic rings. The lowest BCUT2D eigenvalue weighted by molar-refractivity contribution is 0.107. The average Bonchev–Trinajstić information content (AvgIpc) is 3.78. The van der Waals surface area contributed by atoms with Crippen molar-refractivity contribution in [3.8, 4) is 22.9 Å². The number of aromatic nitrogens is 4. The highest BCUT2D eigenvalue weighted by Crippen LogP contribution is 2.44. The van der Waals surface area contributed by atoms with Crippen molar-refractivity contribution >= 4 is 38.4 Å². The van der Waals surface area contributed by atoms with Gasteiger partial charge in [-0.1, -0.05) is 6.07 Å². The second-order valence-corrected chi connectivity index (χ2v) is 13.6. The van der Waals surface area contributed by atoms with Crippen molar-refractivity contribution in [2.75, 3.05) is 37.7 Å². The molecule has 12 heteroatoms. The number of phenols is 1. The van der Waals surface area contributed by atoms with E-state index in [9.17, 15) is 13.9 Å². The normalized spacial score (nSPS) is 26.2. The molecule has 4 aliphatic heterocycles. The zero-order chi connectivity index (χ0) is 31.3. The molecule has 2 aromatic heterocycles. The first kappa shape index (κ1) is 28.1.